The Morgan fingerprint density at radius 2 is 1.02 bits per heavy atom. The standard InChI is InChI=1S/C39H31N3/c1-2-11-27(12-3-1)38-39(42-35-19-9-8-18-34(35)41-38)28-22-20-26(21-23-28)36-30-14-4-6-16-32(30)37(29-13-10-24-40-25-29)33-17-7-5-15-31(33)36/h4-10,13-25,27H,1-3,11-12H2. The first kappa shape index (κ1) is 24.9. The fraction of sp³-hybridized carbons (Fsp3) is 0.154. The molecule has 1 aliphatic rings. The fourth-order valence-electron chi connectivity index (χ4n) is 6.94. The van der Waals surface area contributed by atoms with E-state index in [2.05, 4.69) is 108 Å². The molecule has 1 fully saturated rings. The van der Waals surface area contributed by atoms with Crippen molar-refractivity contribution in [3.63, 3.8) is 0 Å². The van der Waals surface area contributed by atoms with Crippen molar-refractivity contribution in [2.75, 3.05) is 0 Å². The molecule has 0 saturated heterocycles. The molecule has 7 aromatic rings. The molecule has 2 heterocycles. The second-order valence-corrected chi connectivity index (χ2v) is 11.4. The molecule has 42 heavy (non-hydrogen) atoms. The topological polar surface area (TPSA) is 38.7 Å². The molecular weight excluding hydrogens is 510 g/mol. The Hall–Kier alpha value is -4.89. The zero-order valence-electron chi connectivity index (χ0n) is 23.5. The number of para-hydroxylation sites is 2. The van der Waals surface area contributed by atoms with E-state index in [1.54, 1.807) is 0 Å². The van der Waals surface area contributed by atoms with Gasteiger partial charge in [0.15, 0.2) is 0 Å². The SMILES string of the molecule is c1cncc(-c2c3ccccc3c(-c3ccc(-c4nc5ccccc5nc4C4CCCCC4)cc3)c3ccccc23)c1. The largest absolute Gasteiger partial charge is 0.264 e. The minimum Gasteiger partial charge on any atom is -0.264 e. The number of rotatable bonds is 4. The summed E-state index contributed by atoms with van der Waals surface area (Å²) in [5.74, 6) is 0.471. The van der Waals surface area contributed by atoms with Crippen LogP contribution in [0.5, 0.6) is 0 Å². The third kappa shape index (κ3) is 4.24. The normalized spacial score (nSPS) is 14.1. The maximum Gasteiger partial charge on any atom is 0.0928 e. The van der Waals surface area contributed by atoms with Gasteiger partial charge in [-0.15, -0.1) is 0 Å². The van der Waals surface area contributed by atoms with Crippen molar-refractivity contribution in [2.45, 2.75) is 38.0 Å². The van der Waals surface area contributed by atoms with Crippen LogP contribution in [0.3, 0.4) is 0 Å². The van der Waals surface area contributed by atoms with Gasteiger partial charge in [0.05, 0.1) is 22.4 Å². The zero-order valence-corrected chi connectivity index (χ0v) is 23.5. The van der Waals surface area contributed by atoms with Gasteiger partial charge in [-0.2, -0.15) is 0 Å². The molecule has 0 radical (unpaired) electrons. The molecule has 0 N–H and O–H groups in total. The lowest BCUT2D eigenvalue weighted by molar-refractivity contribution is 0.437. The molecule has 1 saturated carbocycles. The molecule has 0 amide bonds. The van der Waals surface area contributed by atoms with Crippen molar-refractivity contribution in [1.82, 2.24) is 15.0 Å². The van der Waals surface area contributed by atoms with Crippen LogP contribution in [0.2, 0.25) is 0 Å². The van der Waals surface area contributed by atoms with E-state index in [4.69, 9.17) is 9.97 Å². The average molecular weight is 542 g/mol. The van der Waals surface area contributed by atoms with Gasteiger partial charge in [-0.3, -0.25) is 4.98 Å². The summed E-state index contributed by atoms with van der Waals surface area (Å²) < 4.78 is 0. The highest BCUT2D eigenvalue weighted by molar-refractivity contribution is 6.21. The van der Waals surface area contributed by atoms with Gasteiger partial charge in [0, 0.05) is 29.4 Å². The Kier molecular flexibility index (Phi) is 6.22. The van der Waals surface area contributed by atoms with Crippen LogP contribution in [0, 0.1) is 0 Å². The molecule has 0 bridgehead atoms. The Morgan fingerprint density at radius 1 is 0.476 bits per heavy atom. The Bertz CT molecular complexity index is 2000. The van der Waals surface area contributed by atoms with Crippen LogP contribution >= 0.6 is 0 Å². The lowest BCUT2D eigenvalue weighted by Crippen LogP contribution is -2.09. The molecule has 3 nitrogen and oxygen atoms in total. The smallest absolute Gasteiger partial charge is 0.0928 e. The van der Waals surface area contributed by atoms with E-state index in [1.807, 2.05) is 18.5 Å². The third-order valence-electron chi connectivity index (χ3n) is 8.92. The molecule has 2 aromatic heterocycles. The second kappa shape index (κ2) is 10.5. The van der Waals surface area contributed by atoms with E-state index < -0.39 is 0 Å². The minimum absolute atomic E-state index is 0.471. The summed E-state index contributed by atoms with van der Waals surface area (Å²) in [6.07, 6.45) is 10.1. The molecule has 0 spiro atoms. The molecular formula is C39H31N3. The number of pyridine rings is 1. The summed E-state index contributed by atoms with van der Waals surface area (Å²) in [5.41, 5.74) is 10.1. The van der Waals surface area contributed by atoms with E-state index >= 15 is 0 Å². The lowest BCUT2D eigenvalue weighted by Gasteiger charge is -2.23. The molecule has 3 heteroatoms. The molecule has 202 valence electrons. The fourth-order valence-corrected chi connectivity index (χ4v) is 6.94. The number of hydrogen-bond donors (Lipinski definition) is 0. The van der Waals surface area contributed by atoms with Gasteiger partial charge in [0.1, 0.15) is 0 Å². The quantitative estimate of drug-likeness (QED) is 0.208. The predicted molar refractivity (Wildman–Crippen MR) is 174 cm³/mol. The highest BCUT2D eigenvalue weighted by Gasteiger charge is 2.23. The van der Waals surface area contributed by atoms with Crippen LogP contribution in [-0.4, -0.2) is 15.0 Å². The van der Waals surface area contributed by atoms with Gasteiger partial charge in [0.25, 0.3) is 0 Å². The van der Waals surface area contributed by atoms with Gasteiger partial charge < -0.3 is 0 Å². The molecule has 5 aromatic carbocycles. The van der Waals surface area contributed by atoms with E-state index in [-0.39, 0.29) is 0 Å². The van der Waals surface area contributed by atoms with Crippen LogP contribution in [0.15, 0.2) is 122 Å². The summed E-state index contributed by atoms with van der Waals surface area (Å²) in [4.78, 5) is 14.9. The third-order valence-corrected chi connectivity index (χ3v) is 8.92. The van der Waals surface area contributed by atoms with Crippen LogP contribution in [0.4, 0.5) is 0 Å². The van der Waals surface area contributed by atoms with Crippen molar-refractivity contribution in [2.24, 2.45) is 0 Å². The summed E-state index contributed by atoms with van der Waals surface area (Å²) in [6, 6.07) is 39.0. The Balaban J connectivity index is 1.31. The van der Waals surface area contributed by atoms with Crippen molar-refractivity contribution in [3.8, 4) is 33.5 Å². The van der Waals surface area contributed by atoms with Gasteiger partial charge in [0.2, 0.25) is 0 Å². The average Bonchev–Trinajstić information content (AvgIpc) is 3.07. The summed E-state index contributed by atoms with van der Waals surface area (Å²) in [6.45, 7) is 0. The first-order valence-corrected chi connectivity index (χ1v) is 15.1. The second-order valence-electron chi connectivity index (χ2n) is 11.4. The van der Waals surface area contributed by atoms with Gasteiger partial charge >= 0.3 is 0 Å². The van der Waals surface area contributed by atoms with Crippen molar-refractivity contribution in [1.29, 1.82) is 0 Å². The molecule has 0 unspecified atom stereocenters. The first-order valence-electron chi connectivity index (χ1n) is 15.1. The molecule has 0 atom stereocenters. The van der Waals surface area contributed by atoms with E-state index in [9.17, 15) is 0 Å². The summed E-state index contributed by atoms with van der Waals surface area (Å²) in [7, 11) is 0. The number of nitrogens with zero attached hydrogens (tertiary/aromatic N) is 3. The maximum absolute atomic E-state index is 5.21. The predicted octanol–water partition coefficient (Wildman–Crippen LogP) is 10.4. The molecule has 8 rings (SSSR count). The van der Waals surface area contributed by atoms with Crippen LogP contribution < -0.4 is 0 Å². The molecule has 1 aliphatic carbocycles. The van der Waals surface area contributed by atoms with Crippen molar-refractivity contribution >= 4 is 32.6 Å². The van der Waals surface area contributed by atoms with Crippen LogP contribution in [-0.2, 0) is 0 Å². The number of aromatic nitrogens is 3. The monoisotopic (exact) mass is 541 g/mol. The van der Waals surface area contributed by atoms with Crippen LogP contribution in [0.1, 0.15) is 43.7 Å². The summed E-state index contributed by atoms with van der Waals surface area (Å²) >= 11 is 0. The summed E-state index contributed by atoms with van der Waals surface area (Å²) in [5, 5.41) is 4.97. The van der Waals surface area contributed by atoms with Gasteiger partial charge in [-0.05, 0) is 69.3 Å². The number of hydrogen-bond acceptors (Lipinski definition) is 3. The van der Waals surface area contributed by atoms with Crippen molar-refractivity contribution in [3.05, 3.63) is 127 Å². The van der Waals surface area contributed by atoms with E-state index in [0.29, 0.717) is 5.92 Å². The Labute approximate surface area is 245 Å². The number of fused-ring (bicyclic) bond motifs is 3. The van der Waals surface area contributed by atoms with E-state index in [0.717, 1.165) is 33.5 Å². The Morgan fingerprint density at radius 3 is 1.62 bits per heavy atom. The highest BCUT2D eigenvalue weighted by atomic mass is 14.8. The maximum atomic E-state index is 5.21. The lowest BCUT2D eigenvalue weighted by atomic mass is 9.84. The van der Waals surface area contributed by atoms with Crippen molar-refractivity contribution < 1.29 is 0 Å². The highest BCUT2D eigenvalue weighted by Crippen LogP contribution is 2.44. The molecule has 0 aliphatic heterocycles. The number of benzene rings is 5. The first-order chi connectivity index (χ1) is 20.8. The van der Waals surface area contributed by atoms with Crippen LogP contribution in [0.25, 0.3) is 66.1 Å². The van der Waals surface area contributed by atoms with Gasteiger partial charge in [-0.25, -0.2) is 9.97 Å². The van der Waals surface area contributed by atoms with Gasteiger partial charge in [-0.1, -0.05) is 110 Å². The van der Waals surface area contributed by atoms with E-state index in [1.165, 1.54) is 70.3 Å². The minimum atomic E-state index is 0.471. The zero-order chi connectivity index (χ0) is 27.9.